The zero-order valence-electron chi connectivity index (χ0n) is 13.7. The maximum atomic E-state index is 12.5. The van der Waals surface area contributed by atoms with Gasteiger partial charge in [-0.05, 0) is 17.2 Å². The number of H-pyrrole nitrogens is 1. The number of piperazine rings is 1. The molecule has 0 aliphatic carbocycles. The molecule has 0 unspecified atom stereocenters. The number of para-hydroxylation sites is 1. The highest BCUT2D eigenvalue weighted by molar-refractivity contribution is 5.97. The summed E-state index contributed by atoms with van der Waals surface area (Å²) in [5.74, 6) is -0.265. The molecule has 25 heavy (non-hydrogen) atoms. The molecule has 2 atom stereocenters. The number of rotatable bonds is 4. The number of nitrogens with one attached hydrogen (secondary N) is 3. The van der Waals surface area contributed by atoms with Crippen molar-refractivity contribution in [2.75, 3.05) is 0 Å². The highest BCUT2D eigenvalue weighted by Gasteiger charge is 2.33. The van der Waals surface area contributed by atoms with Crippen molar-refractivity contribution in [3.05, 3.63) is 71.9 Å². The van der Waals surface area contributed by atoms with Crippen LogP contribution in [-0.2, 0) is 22.4 Å². The lowest BCUT2D eigenvalue weighted by atomic mass is 9.98. The molecule has 0 radical (unpaired) electrons. The lowest BCUT2D eigenvalue weighted by Crippen LogP contribution is -2.62. The Hall–Kier alpha value is -3.08. The Morgan fingerprint density at radius 1 is 0.760 bits per heavy atom. The normalized spacial score (nSPS) is 20.3. The minimum atomic E-state index is -0.543. The first-order valence-electron chi connectivity index (χ1n) is 8.40. The van der Waals surface area contributed by atoms with Crippen molar-refractivity contribution in [1.29, 1.82) is 0 Å². The predicted molar refractivity (Wildman–Crippen MR) is 96.0 cm³/mol. The average molecular weight is 333 g/mol. The van der Waals surface area contributed by atoms with E-state index in [1.54, 1.807) is 0 Å². The van der Waals surface area contributed by atoms with E-state index < -0.39 is 12.1 Å². The minimum Gasteiger partial charge on any atom is -0.361 e. The van der Waals surface area contributed by atoms with Crippen LogP contribution >= 0.6 is 0 Å². The summed E-state index contributed by atoms with van der Waals surface area (Å²) in [6.07, 6.45) is 2.87. The van der Waals surface area contributed by atoms with Crippen molar-refractivity contribution in [3.8, 4) is 0 Å². The van der Waals surface area contributed by atoms with Crippen LogP contribution in [0, 0.1) is 0 Å². The molecule has 2 heterocycles. The monoisotopic (exact) mass is 333 g/mol. The molecule has 0 saturated carbocycles. The largest absolute Gasteiger partial charge is 0.361 e. The van der Waals surface area contributed by atoms with Gasteiger partial charge in [-0.2, -0.15) is 0 Å². The predicted octanol–water partition coefficient (Wildman–Crippen LogP) is 1.94. The van der Waals surface area contributed by atoms with Crippen LogP contribution in [-0.4, -0.2) is 28.9 Å². The molecule has 3 N–H and O–H groups in total. The molecule has 2 aromatic carbocycles. The molecule has 5 nitrogen and oxygen atoms in total. The summed E-state index contributed by atoms with van der Waals surface area (Å²) >= 11 is 0. The lowest BCUT2D eigenvalue weighted by molar-refractivity contribution is -0.136. The molecule has 1 fully saturated rings. The number of amides is 2. The van der Waals surface area contributed by atoms with Crippen LogP contribution in [0.15, 0.2) is 60.8 Å². The molecular formula is C20H19N3O2. The zero-order valence-corrected chi connectivity index (χ0v) is 13.7. The third-order valence-corrected chi connectivity index (χ3v) is 4.65. The van der Waals surface area contributed by atoms with Crippen molar-refractivity contribution in [2.24, 2.45) is 0 Å². The summed E-state index contributed by atoms with van der Waals surface area (Å²) in [5.41, 5.74) is 3.08. The van der Waals surface area contributed by atoms with Crippen LogP contribution in [0.4, 0.5) is 0 Å². The minimum absolute atomic E-state index is 0.131. The second-order valence-electron chi connectivity index (χ2n) is 6.38. The highest BCUT2D eigenvalue weighted by atomic mass is 16.2. The van der Waals surface area contributed by atoms with Gasteiger partial charge in [0.2, 0.25) is 11.8 Å². The Bertz CT molecular complexity index is 917. The van der Waals surface area contributed by atoms with Gasteiger partial charge in [-0.1, -0.05) is 48.5 Å². The fourth-order valence-corrected chi connectivity index (χ4v) is 3.33. The summed E-state index contributed by atoms with van der Waals surface area (Å²) in [6.45, 7) is 0. The highest BCUT2D eigenvalue weighted by Crippen LogP contribution is 2.20. The van der Waals surface area contributed by atoms with Crippen LogP contribution in [0.5, 0.6) is 0 Å². The van der Waals surface area contributed by atoms with Crippen LogP contribution in [0.3, 0.4) is 0 Å². The first kappa shape index (κ1) is 15.4. The second kappa shape index (κ2) is 6.43. The van der Waals surface area contributed by atoms with Gasteiger partial charge < -0.3 is 15.6 Å². The molecule has 0 bridgehead atoms. The van der Waals surface area contributed by atoms with E-state index in [0.29, 0.717) is 12.8 Å². The Kier molecular flexibility index (Phi) is 3.98. The molecule has 0 spiro atoms. The van der Waals surface area contributed by atoms with Crippen molar-refractivity contribution in [3.63, 3.8) is 0 Å². The summed E-state index contributed by atoms with van der Waals surface area (Å²) in [6, 6.07) is 16.6. The topological polar surface area (TPSA) is 74.0 Å². The van der Waals surface area contributed by atoms with Crippen molar-refractivity contribution >= 4 is 22.7 Å². The van der Waals surface area contributed by atoms with Gasteiger partial charge in [0.15, 0.2) is 0 Å². The van der Waals surface area contributed by atoms with E-state index in [0.717, 1.165) is 22.0 Å². The summed E-state index contributed by atoms with van der Waals surface area (Å²) in [7, 11) is 0. The average Bonchev–Trinajstić information content (AvgIpc) is 3.03. The molecule has 4 rings (SSSR count). The van der Waals surface area contributed by atoms with E-state index in [-0.39, 0.29) is 11.8 Å². The van der Waals surface area contributed by atoms with Gasteiger partial charge in [0.1, 0.15) is 12.1 Å². The molecular weight excluding hydrogens is 314 g/mol. The van der Waals surface area contributed by atoms with Gasteiger partial charge in [0.25, 0.3) is 0 Å². The van der Waals surface area contributed by atoms with Crippen molar-refractivity contribution < 1.29 is 9.59 Å². The Balaban J connectivity index is 1.47. The van der Waals surface area contributed by atoms with E-state index in [2.05, 4.69) is 15.6 Å². The van der Waals surface area contributed by atoms with Crippen molar-refractivity contribution in [2.45, 2.75) is 24.9 Å². The van der Waals surface area contributed by atoms with E-state index in [1.807, 2.05) is 60.8 Å². The Labute approximate surface area is 145 Å². The van der Waals surface area contributed by atoms with Gasteiger partial charge in [-0.15, -0.1) is 0 Å². The number of aromatic amines is 1. The first-order valence-corrected chi connectivity index (χ1v) is 8.40. The second-order valence-corrected chi connectivity index (χ2v) is 6.38. The maximum absolute atomic E-state index is 12.5. The molecule has 1 aliphatic rings. The fraction of sp³-hybridized carbons (Fsp3) is 0.200. The van der Waals surface area contributed by atoms with Gasteiger partial charge in [-0.3, -0.25) is 9.59 Å². The standard InChI is InChI=1S/C20H19N3O2/c24-19-17(10-13-6-2-1-3-7-13)22-20(25)18(23-19)11-14-12-21-16-9-5-4-8-15(14)16/h1-9,12,17-18,21H,10-11H2,(H,22,25)(H,23,24)/t17-,18+/m1/s1. The van der Waals surface area contributed by atoms with E-state index in [4.69, 9.17) is 0 Å². The third-order valence-electron chi connectivity index (χ3n) is 4.65. The molecule has 126 valence electrons. The summed E-state index contributed by atoms with van der Waals surface area (Å²) < 4.78 is 0. The van der Waals surface area contributed by atoms with E-state index in [9.17, 15) is 9.59 Å². The molecule has 5 heteroatoms. The molecule has 2 amide bonds. The quantitative estimate of drug-likeness (QED) is 0.682. The molecule has 3 aromatic rings. The van der Waals surface area contributed by atoms with Crippen LogP contribution in [0.2, 0.25) is 0 Å². The van der Waals surface area contributed by atoms with Gasteiger partial charge in [-0.25, -0.2) is 0 Å². The Morgan fingerprint density at radius 3 is 2.16 bits per heavy atom. The van der Waals surface area contributed by atoms with Crippen LogP contribution in [0.1, 0.15) is 11.1 Å². The van der Waals surface area contributed by atoms with Gasteiger partial charge in [0.05, 0.1) is 0 Å². The SMILES string of the molecule is O=C1N[C@H](Cc2ccccc2)C(=O)N[C@H]1Cc1c[nH]c2ccccc12. The first-order chi connectivity index (χ1) is 12.2. The molecule has 1 aromatic heterocycles. The smallest absolute Gasteiger partial charge is 0.243 e. The van der Waals surface area contributed by atoms with Gasteiger partial charge in [0, 0.05) is 29.9 Å². The number of carbonyl (C=O) groups excluding carboxylic acids is 2. The molecule has 1 saturated heterocycles. The summed E-state index contributed by atoms with van der Waals surface area (Å²) in [4.78, 5) is 28.1. The number of carbonyl (C=O) groups is 2. The molecule has 1 aliphatic heterocycles. The van der Waals surface area contributed by atoms with Crippen LogP contribution in [0.25, 0.3) is 10.9 Å². The lowest BCUT2D eigenvalue weighted by Gasteiger charge is -2.29. The summed E-state index contributed by atoms with van der Waals surface area (Å²) in [5, 5.41) is 6.82. The number of fused-ring (bicyclic) bond motifs is 1. The zero-order chi connectivity index (χ0) is 17.2. The van der Waals surface area contributed by atoms with E-state index in [1.165, 1.54) is 0 Å². The van der Waals surface area contributed by atoms with E-state index >= 15 is 0 Å². The van der Waals surface area contributed by atoms with Crippen molar-refractivity contribution in [1.82, 2.24) is 15.6 Å². The van der Waals surface area contributed by atoms with Gasteiger partial charge >= 0.3 is 0 Å². The van der Waals surface area contributed by atoms with Crippen LogP contribution < -0.4 is 10.6 Å². The Morgan fingerprint density at radius 2 is 1.40 bits per heavy atom. The maximum Gasteiger partial charge on any atom is 0.243 e. The number of aromatic nitrogens is 1. The number of hydrogen-bond acceptors (Lipinski definition) is 2. The number of hydrogen-bond donors (Lipinski definition) is 3. The fourth-order valence-electron chi connectivity index (χ4n) is 3.33. The third kappa shape index (κ3) is 3.13. The number of benzene rings is 2.